The van der Waals surface area contributed by atoms with Crippen molar-refractivity contribution in [3.05, 3.63) is 194 Å². The van der Waals surface area contributed by atoms with E-state index < -0.39 is 0 Å². The summed E-state index contributed by atoms with van der Waals surface area (Å²) in [5.41, 5.74) is 19.0. The van der Waals surface area contributed by atoms with E-state index in [-0.39, 0.29) is 0 Å². The monoisotopic (exact) mass is 708 g/mol. The maximum atomic E-state index is 6.78. The second-order valence-corrected chi connectivity index (χ2v) is 13.9. The van der Waals surface area contributed by atoms with Gasteiger partial charge in [0.05, 0.1) is 0 Å². The number of nitrogens with two attached hydrogens (primary N) is 1. The Morgan fingerprint density at radius 3 is 1.93 bits per heavy atom. The zero-order valence-electron chi connectivity index (χ0n) is 30.2. The van der Waals surface area contributed by atoms with Crippen LogP contribution in [0, 0.1) is 0 Å². The maximum Gasteiger partial charge on any atom is 0.143 e. The predicted octanol–water partition coefficient (Wildman–Crippen LogP) is 14.3. The molecule has 8 aromatic carbocycles. The first-order chi connectivity index (χ1) is 27.1. The normalized spacial score (nSPS) is 12.2. The first-order valence-corrected chi connectivity index (χ1v) is 18.5. The highest BCUT2D eigenvalue weighted by Gasteiger charge is 2.20. The van der Waals surface area contributed by atoms with Crippen molar-refractivity contribution in [2.75, 3.05) is 4.90 Å². The summed E-state index contributed by atoms with van der Waals surface area (Å²) in [7, 11) is 0. The summed E-state index contributed by atoms with van der Waals surface area (Å²) in [6.45, 7) is 2.12. The molecule has 0 radical (unpaired) electrons. The maximum absolute atomic E-state index is 6.78. The van der Waals surface area contributed by atoms with Crippen LogP contribution in [0.15, 0.2) is 197 Å². The van der Waals surface area contributed by atoms with Gasteiger partial charge in [0.1, 0.15) is 22.3 Å². The fraction of sp³-hybridized carbons (Fsp3) is 0.0196. The molecule has 0 aliphatic carbocycles. The van der Waals surface area contributed by atoms with Gasteiger partial charge in [-0.3, -0.25) is 0 Å². The van der Waals surface area contributed by atoms with E-state index in [1.165, 1.54) is 11.1 Å². The van der Waals surface area contributed by atoms with Crippen molar-refractivity contribution in [2.24, 2.45) is 5.73 Å². The standard InChI is InChI=1S/C51H36N2O2/c1-33(11-10-30-52)41-17-9-19-47-49(41)50-42-15-6-5-14-37(42)31-45(51(50)55-47)36-22-26-39(27-23-36)53(38-24-20-35(21-25-38)34-12-3-2-4-13-34)40-28-29-44-43-16-7-8-18-46(43)54-48(44)32-40/h2-32H,52H2,1H3/b30-10-,33-11+. The summed E-state index contributed by atoms with van der Waals surface area (Å²) >= 11 is 0. The molecule has 10 aromatic rings. The lowest BCUT2D eigenvalue weighted by atomic mass is 9.93. The number of anilines is 3. The summed E-state index contributed by atoms with van der Waals surface area (Å²) < 4.78 is 13.1. The number of furan rings is 2. The highest BCUT2D eigenvalue weighted by atomic mass is 16.3. The van der Waals surface area contributed by atoms with Crippen LogP contribution in [-0.2, 0) is 0 Å². The summed E-state index contributed by atoms with van der Waals surface area (Å²) in [4.78, 5) is 2.29. The van der Waals surface area contributed by atoms with Gasteiger partial charge in [0, 0.05) is 50.2 Å². The van der Waals surface area contributed by atoms with Gasteiger partial charge in [-0.2, -0.15) is 0 Å². The third kappa shape index (κ3) is 5.55. The van der Waals surface area contributed by atoms with E-state index in [1.54, 1.807) is 6.20 Å². The molecule has 2 heterocycles. The van der Waals surface area contributed by atoms with Gasteiger partial charge in [-0.05, 0) is 112 Å². The highest BCUT2D eigenvalue weighted by Crippen LogP contribution is 2.45. The Hall–Kier alpha value is -7.30. The molecule has 0 aliphatic heterocycles. The molecule has 0 saturated heterocycles. The summed E-state index contributed by atoms with van der Waals surface area (Å²) in [6.07, 6.45) is 5.48. The Morgan fingerprint density at radius 2 is 1.15 bits per heavy atom. The minimum absolute atomic E-state index is 0.855. The average molecular weight is 709 g/mol. The molecule has 0 fully saturated rings. The van der Waals surface area contributed by atoms with Crippen LogP contribution >= 0.6 is 0 Å². The van der Waals surface area contributed by atoms with Gasteiger partial charge in [-0.25, -0.2) is 0 Å². The molecule has 0 amide bonds. The summed E-state index contributed by atoms with van der Waals surface area (Å²) in [5.74, 6) is 0. The van der Waals surface area contributed by atoms with Gasteiger partial charge < -0.3 is 19.5 Å². The number of hydrogen-bond donors (Lipinski definition) is 1. The van der Waals surface area contributed by atoms with Crippen LogP contribution in [-0.4, -0.2) is 0 Å². The fourth-order valence-electron chi connectivity index (χ4n) is 8.02. The van der Waals surface area contributed by atoms with Crippen LogP contribution in [0.4, 0.5) is 17.1 Å². The largest absolute Gasteiger partial charge is 0.456 e. The molecular weight excluding hydrogens is 673 g/mol. The van der Waals surface area contributed by atoms with Crippen LogP contribution in [0.1, 0.15) is 12.5 Å². The molecule has 0 aliphatic rings. The molecule has 2 aromatic heterocycles. The topological polar surface area (TPSA) is 55.5 Å². The smallest absolute Gasteiger partial charge is 0.143 e. The minimum Gasteiger partial charge on any atom is -0.456 e. The van der Waals surface area contributed by atoms with Crippen molar-refractivity contribution in [3.8, 4) is 22.3 Å². The SMILES string of the molecule is C/C(=C\C=C/N)c1cccc2oc3c(-c4ccc(N(c5ccc(-c6ccccc6)cc5)c5ccc6c(c5)oc5ccccc56)cc4)cc4ccccc4c3c12. The molecule has 0 unspecified atom stereocenters. The molecule has 262 valence electrons. The molecule has 0 bridgehead atoms. The van der Waals surface area contributed by atoms with Gasteiger partial charge in [0.15, 0.2) is 0 Å². The van der Waals surface area contributed by atoms with Gasteiger partial charge in [0.2, 0.25) is 0 Å². The van der Waals surface area contributed by atoms with Gasteiger partial charge in [-0.15, -0.1) is 0 Å². The van der Waals surface area contributed by atoms with E-state index in [4.69, 9.17) is 14.6 Å². The van der Waals surface area contributed by atoms with Crippen molar-refractivity contribution in [3.63, 3.8) is 0 Å². The van der Waals surface area contributed by atoms with E-state index in [9.17, 15) is 0 Å². The van der Waals surface area contributed by atoms with E-state index in [0.717, 1.165) is 94.0 Å². The van der Waals surface area contributed by atoms with E-state index in [1.807, 2.05) is 30.4 Å². The lowest BCUT2D eigenvalue weighted by Crippen LogP contribution is -2.09. The summed E-state index contributed by atoms with van der Waals surface area (Å²) in [5, 5.41) is 6.77. The third-order valence-electron chi connectivity index (χ3n) is 10.7. The Morgan fingerprint density at radius 1 is 0.509 bits per heavy atom. The quantitative estimate of drug-likeness (QED) is 0.167. The zero-order valence-corrected chi connectivity index (χ0v) is 30.2. The summed E-state index contributed by atoms with van der Waals surface area (Å²) in [6, 6.07) is 59.9. The number of rotatable bonds is 7. The fourth-order valence-corrected chi connectivity index (χ4v) is 8.02. The highest BCUT2D eigenvalue weighted by molar-refractivity contribution is 6.24. The Kier molecular flexibility index (Phi) is 7.81. The van der Waals surface area contributed by atoms with Gasteiger partial charge in [0.25, 0.3) is 0 Å². The molecule has 4 heteroatoms. The molecular formula is C51H36N2O2. The van der Waals surface area contributed by atoms with Crippen molar-refractivity contribution >= 4 is 77.3 Å². The zero-order chi connectivity index (χ0) is 36.9. The van der Waals surface area contributed by atoms with Gasteiger partial charge in [-0.1, -0.05) is 115 Å². The van der Waals surface area contributed by atoms with E-state index >= 15 is 0 Å². The molecule has 0 saturated carbocycles. The number of allylic oxidation sites excluding steroid dienone is 3. The Balaban J connectivity index is 1.13. The van der Waals surface area contributed by atoms with E-state index in [2.05, 4.69) is 163 Å². The van der Waals surface area contributed by atoms with E-state index in [0.29, 0.717) is 0 Å². The molecule has 2 N–H and O–H groups in total. The second-order valence-electron chi connectivity index (χ2n) is 13.9. The van der Waals surface area contributed by atoms with Crippen molar-refractivity contribution in [1.29, 1.82) is 0 Å². The van der Waals surface area contributed by atoms with Crippen molar-refractivity contribution < 1.29 is 8.83 Å². The minimum atomic E-state index is 0.855. The number of fused-ring (bicyclic) bond motifs is 8. The number of benzene rings is 8. The number of nitrogens with zero attached hydrogens (tertiary/aromatic N) is 1. The molecule has 0 spiro atoms. The second kappa shape index (κ2) is 13.3. The molecule has 4 nitrogen and oxygen atoms in total. The van der Waals surface area contributed by atoms with Crippen LogP contribution < -0.4 is 10.6 Å². The number of para-hydroxylation sites is 1. The van der Waals surface area contributed by atoms with Crippen LogP contribution in [0.5, 0.6) is 0 Å². The first-order valence-electron chi connectivity index (χ1n) is 18.5. The van der Waals surface area contributed by atoms with Gasteiger partial charge >= 0.3 is 0 Å². The lowest BCUT2D eigenvalue weighted by Gasteiger charge is -2.26. The Bertz CT molecular complexity index is 3090. The van der Waals surface area contributed by atoms with Crippen LogP contribution in [0.2, 0.25) is 0 Å². The first kappa shape index (κ1) is 32.4. The third-order valence-corrected chi connectivity index (χ3v) is 10.7. The predicted molar refractivity (Wildman–Crippen MR) is 231 cm³/mol. The average Bonchev–Trinajstić information content (AvgIpc) is 3.82. The van der Waals surface area contributed by atoms with Crippen LogP contribution in [0.3, 0.4) is 0 Å². The molecule has 10 rings (SSSR count). The van der Waals surface area contributed by atoms with Crippen molar-refractivity contribution in [2.45, 2.75) is 6.92 Å². The van der Waals surface area contributed by atoms with Crippen LogP contribution in [0.25, 0.3) is 82.5 Å². The Labute approximate surface area is 318 Å². The molecule has 55 heavy (non-hydrogen) atoms. The molecule has 0 atom stereocenters. The lowest BCUT2D eigenvalue weighted by molar-refractivity contribution is 0.669. The number of hydrogen-bond acceptors (Lipinski definition) is 4. The van der Waals surface area contributed by atoms with Crippen molar-refractivity contribution in [1.82, 2.24) is 0 Å².